The van der Waals surface area contributed by atoms with Crippen molar-refractivity contribution in [1.82, 2.24) is 41.0 Å². The highest BCUT2D eigenvalue weighted by molar-refractivity contribution is 7.92. The van der Waals surface area contributed by atoms with E-state index >= 15 is 0 Å². The fourth-order valence-corrected chi connectivity index (χ4v) is 5.47. The van der Waals surface area contributed by atoms with Gasteiger partial charge in [0.2, 0.25) is 5.75 Å². The fourth-order valence-electron chi connectivity index (χ4n) is 4.53. The van der Waals surface area contributed by atoms with Gasteiger partial charge in [0.25, 0.3) is 15.9 Å². The number of benzene rings is 2. The minimum atomic E-state index is -4.41. The van der Waals surface area contributed by atoms with Crippen LogP contribution in [0.15, 0.2) is 96.7 Å². The van der Waals surface area contributed by atoms with E-state index < -0.39 is 21.4 Å². The van der Waals surface area contributed by atoms with Crippen LogP contribution in [0.3, 0.4) is 0 Å². The summed E-state index contributed by atoms with van der Waals surface area (Å²) in [4.78, 5) is 30.6. The van der Waals surface area contributed by atoms with Crippen molar-refractivity contribution in [1.29, 1.82) is 0 Å². The average Bonchev–Trinajstić information content (AvgIpc) is 3.72. The first-order chi connectivity index (χ1) is 26.5. The van der Waals surface area contributed by atoms with Gasteiger partial charge >= 0.3 is 5.97 Å². The molecule has 0 amide bonds. The lowest BCUT2D eigenvalue weighted by Gasteiger charge is -2.18. The molecule has 0 spiro atoms. The summed E-state index contributed by atoms with van der Waals surface area (Å²) < 4.78 is 52.9. The molecule has 5 aromatic rings. The summed E-state index contributed by atoms with van der Waals surface area (Å²) >= 11 is 0. The number of hydrogen-bond donors (Lipinski definition) is 5. The Labute approximate surface area is 313 Å². The monoisotopic (exact) mass is 774 g/mol. The molecule has 3 aromatic heterocycles. The molecule has 0 bridgehead atoms. The Morgan fingerprint density at radius 1 is 1.07 bits per heavy atom. The number of para-hydroxylation sites is 2. The summed E-state index contributed by atoms with van der Waals surface area (Å²) in [7, 11) is -2.99. The molecule has 55 heavy (non-hydrogen) atoms. The number of carbonyl (C=O) groups excluding carboxylic acids is 1. The molecule has 20 nitrogen and oxygen atoms in total. The standard InChI is InChI=1S/C34H34N10O10S/c1-4-8-23(18-25(35)31-39-42-43-40-31)30-37-32(41-55(48,49)28-14-13-21(2)19-36-28)29(54-27-12-6-5-11-26(27)50-3)33(38-30)51-15-16-52-34(45)24-10-7-9-22(17-24)20-53-44(46)47/h4-14,17-19,46-47H,1,15-16,20,35H2,2-3H3,(H,37,38,41)(H,39,40,42,43)/b23-8+,25-18-. The van der Waals surface area contributed by atoms with E-state index in [0.717, 1.165) is 5.56 Å². The molecule has 0 aliphatic rings. The van der Waals surface area contributed by atoms with Crippen molar-refractivity contribution in [2.75, 3.05) is 25.0 Å². The van der Waals surface area contributed by atoms with Crippen molar-refractivity contribution in [3.63, 3.8) is 0 Å². The van der Waals surface area contributed by atoms with E-state index in [1.165, 1.54) is 49.7 Å². The summed E-state index contributed by atoms with van der Waals surface area (Å²) in [5.74, 6) is -1.27. The molecular formula is C34H34N10O10S. The molecule has 5 rings (SSSR count). The van der Waals surface area contributed by atoms with E-state index in [-0.39, 0.29) is 82.3 Å². The topological polar surface area (TPSA) is 272 Å². The lowest BCUT2D eigenvalue weighted by molar-refractivity contribution is -0.497. The summed E-state index contributed by atoms with van der Waals surface area (Å²) in [6.45, 7) is 4.63. The lowest BCUT2D eigenvalue weighted by atomic mass is 10.1. The van der Waals surface area contributed by atoms with Crippen LogP contribution in [-0.4, -0.2) is 86.1 Å². The zero-order chi connectivity index (χ0) is 39.4. The molecule has 6 N–H and O–H groups in total. The zero-order valence-electron chi connectivity index (χ0n) is 29.2. The summed E-state index contributed by atoms with van der Waals surface area (Å²) in [5.41, 5.74) is 7.83. The number of aryl methyl sites for hydroxylation is 1. The molecule has 286 valence electrons. The van der Waals surface area contributed by atoms with Crippen molar-refractivity contribution in [3.05, 3.63) is 120 Å². The number of sulfonamides is 1. The summed E-state index contributed by atoms with van der Waals surface area (Å²) in [5, 5.41) is 30.3. The third-order valence-electron chi connectivity index (χ3n) is 7.06. The normalized spacial score (nSPS) is 11.9. The average molecular weight is 775 g/mol. The highest BCUT2D eigenvalue weighted by Crippen LogP contribution is 2.41. The molecule has 0 unspecified atom stereocenters. The minimum absolute atomic E-state index is 0.0668. The van der Waals surface area contributed by atoms with Crippen LogP contribution < -0.4 is 24.7 Å². The number of carbonyl (C=O) groups is 1. The Morgan fingerprint density at radius 3 is 2.56 bits per heavy atom. The van der Waals surface area contributed by atoms with Crippen molar-refractivity contribution < 1.29 is 47.4 Å². The molecule has 21 heteroatoms. The van der Waals surface area contributed by atoms with Gasteiger partial charge in [-0.25, -0.2) is 24.7 Å². The van der Waals surface area contributed by atoms with Gasteiger partial charge in [-0.3, -0.25) is 15.1 Å². The Bertz CT molecular complexity index is 2280. The molecule has 0 aliphatic heterocycles. The molecular weight excluding hydrogens is 741 g/mol. The number of esters is 1. The molecule has 0 radical (unpaired) electrons. The fraction of sp³-hybridized carbons (Fsp3) is 0.147. The van der Waals surface area contributed by atoms with E-state index in [2.05, 4.69) is 51.7 Å². The second-order valence-corrected chi connectivity index (χ2v) is 12.6. The lowest BCUT2D eigenvalue weighted by Crippen LogP contribution is -2.18. The minimum Gasteiger partial charge on any atom is -0.493 e. The van der Waals surface area contributed by atoms with Gasteiger partial charge in [-0.1, -0.05) is 49.1 Å². The Morgan fingerprint density at radius 2 is 1.87 bits per heavy atom. The number of anilines is 1. The number of pyridine rings is 1. The zero-order valence-corrected chi connectivity index (χ0v) is 30.0. The van der Waals surface area contributed by atoms with Crippen molar-refractivity contribution in [3.8, 4) is 23.1 Å². The number of tetrazole rings is 1. The largest absolute Gasteiger partial charge is 0.493 e. The Kier molecular flexibility index (Phi) is 13.1. The Hall–Kier alpha value is -6.78. The highest BCUT2D eigenvalue weighted by atomic mass is 32.2. The van der Waals surface area contributed by atoms with E-state index in [0.29, 0.717) is 5.56 Å². The van der Waals surface area contributed by atoms with Crippen molar-refractivity contribution in [2.24, 2.45) is 5.73 Å². The first-order valence-corrected chi connectivity index (χ1v) is 17.4. The quantitative estimate of drug-likeness (QED) is 0.0368. The number of allylic oxidation sites excluding steroid dienone is 4. The van der Waals surface area contributed by atoms with Gasteiger partial charge in [0.05, 0.1) is 30.4 Å². The van der Waals surface area contributed by atoms with E-state index in [1.54, 1.807) is 49.4 Å². The van der Waals surface area contributed by atoms with Crippen LogP contribution in [0.2, 0.25) is 0 Å². The first kappa shape index (κ1) is 39.4. The van der Waals surface area contributed by atoms with Crippen molar-refractivity contribution in [2.45, 2.75) is 18.6 Å². The summed E-state index contributed by atoms with van der Waals surface area (Å²) in [6, 6.07) is 15.5. The van der Waals surface area contributed by atoms with Crippen molar-refractivity contribution >= 4 is 33.1 Å². The second-order valence-electron chi connectivity index (χ2n) is 11.0. The third-order valence-corrected chi connectivity index (χ3v) is 8.31. The number of methoxy groups -OCH3 is 1. The van der Waals surface area contributed by atoms with Crippen LogP contribution in [-0.2, 0) is 26.2 Å². The van der Waals surface area contributed by atoms with Crippen LogP contribution >= 0.6 is 0 Å². The van der Waals surface area contributed by atoms with Gasteiger partial charge in [0, 0.05) is 11.8 Å². The molecule has 0 fully saturated rings. The van der Waals surface area contributed by atoms with Crippen LogP contribution in [0.4, 0.5) is 5.82 Å². The van der Waals surface area contributed by atoms with Crippen LogP contribution in [0.1, 0.15) is 33.1 Å². The summed E-state index contributed by atoms with van der Waals surface area (Å²) in [6.07, 6.45) is 5.73. The molecule has 2 aromatic carbocycles. The number of hydrogen-bond acceptors (Lipinski definition) is 18. The van der Waals surface area contributed by atoms with E-state index in [4.69, 9.17) is 35.1 Å². The first-order valence-electron chi connectivity index (χ1n) is 15.9. The maximum Gasteiger partial charge on any atom is 0.338 e. The maximum absolute atomic E-state index is 13.7. The Balaban J connectivity index is 1.55. The van der Waals surface area contributed by atoms with Gasteiger partial charge in [0.15, 0.2) is 34.0 Å². The SMILES string of the molecule is C=C/C=C(\C=C(/N)c1nnn[nH]1)c1nc(NS(=O)(=O)c2ccc(C)cn2)c(Oc2ccccc2OC)c(OCCOC(=O)c2cccc(CON(O)O)c2)n1. The molecule has 0 atom stereocenters. The number of nitrogens with one attached hydrogen (secondary N) is 2. The highest BCUT2D eigenvalue weighted by Gasteiger charge is 2.26. The number of nitrogens with zero attached hydrogens (tertiary/aromatic N) is 7. The van der Waals surface area contributed by atoms with E-state index in [9.17, 15) is 13.2 Å². The van der Waals surface area contributed by atoms with E-state index in [1.807, 2.05) is 0 Å². The number of H-pyrrole nitrogens is 1. The number of nitrogens with two attached hydrogens (primary N) is 1. The van der Waals surface area contributed by atoms with Gasteiger partial charge in [-0.2, -0.15) is 13.4 Å². The molecule has 0 saturated heterocycles. The van der Waals surface area contributed by atoms with Crippen LogP contribution in [0.25, 0.3) is 11.3 Å². The van der Waals surface area contributed by atoms with Gasteiger partial charge in [0.1, 0.15) is 13.2 Å². The number of aromatic nitrogens is 7. The number of ether oxygens (including phenoxy) is 4. The van der Waals surface area contributed by atoms with Gasteiger partial charge in [-0.15, -0.1) is 5.10 Å². The predicted molar refractivity (Wildman–Crippen MR) is 192 cm³/mol. The molecule has 0 aliphatic carbocycles. The third kappa shape index (κ3) is 10.6. The van der Waals surface area contributed by atoms with Gasteiger partial charge < -0.3 is 24.7 Å². The van der Waals surface area contributed by atoms with Crippen LogP contribution in [0.5, 0.6) is 23.1 Å². The molecule has 3 heterocycles. The van der Waals surface area contributed by atoms with Gasteiger partial charge in [-0.05, 0) is 64.9 Å². The maximum atomic E-state index is 13.7. The van der Waals surface area contributed by atoms with Crippen LogP contribution in [0, 0.1) is 6.92 Å². The smallest absolute Gasteiger partial charge is 0.338 e. The second kappa shape index (κ2) is 18.3. The molecule has 0 saturated carbocycles. The predicted octanol–water partition coefficient (Wildman–Crippen LogP) is 3.61. The number of aromatic amines is 1. The number of rotatable bonds is 18.